The first-order valence-electron chi connectivity index (χ1n) is 1.35. The molecule has 0 fully saturated rings. The summed E-state index contributed by atoms with van der Waals surface area (Å²) < 4.78 is 0. The third-order valence-electron chi connectivity index (χ3n) is 0.303. The first-order valence-corrected chi connectivity index (χ1v) is 3.63. The molecule has 0 unspecified atom stereocenters. The van der Waals surface area contributed by atoms with E-state index in [9.17, 15) is 0 Å². The van der Waals surface area contributed by atoms with Gasteiger partial charge in [-0.15, -0.1) is 0 Å². The standard InChI is InChI=1S/C2H2N2S2/c1-3-4-2-6-5-1/h1-2H. The molecule has 0 atom stereocenters. The molecule has 1 aliphatic heterocycles. The lowest BCUT2D eigenvalue weighted by atomic mass is 11.6. The number of nitrogens with zero attached hydrogens (tertiary/aromatic N) is 2. The van der Waals surface area contributed by atoms with E-state index in [4.69, 9.17) is 0 Å². The summed E-state index contributed by atoms with van der Waals surface area (Å²) in [5.74, 6) is 0. The first kappa shape index (κ1) is 4.21. The molecular weight excluding hydrogens is 116 g/mol. The van der Waals surface area contributed by atoms with Gasteiger partial charge in [-0.1, -0.05) is 0 Å². The van der Waals surface area contributed by atoms with Gasteiger partial charge in [-0.05, 0) is 21.6 Å². The highest BCUT2D eigenvalue weighted by molar-refractivity contribution is 8.86. The second-order valence-corrected chi connectivity index (χ2v) is 2.60. The monoisotopic (exact) mass is 118 g/mol. The van der Waals surface area contributed by atoms with Gasteiger partial charge in [-0.3, -0.25) is 0 Å². The largest absolute Gasteiger partial charge is 0.151 e. The second-order valence-electron chi connectivity index (χ2n) is 0.634. The molecule has 32 valence electrons. The maximum Gasteiger partial charge on any atom is 0.0935 e. The highest BCUT2D eigenvalue weighted by Crippen LogP contribution is 2.17. The average Bonchev–Trinajstić information content (AvgIpc) is 1.72. The van der Waals surface area contributed by atoms with E-state index in [1.54, 1.807) is 32.7 Å². The molecule has 0 saturated carbocycles. The Morgan fingerprint density at radius 2 is 1.50 bits per heavy atom. The van der Waals surface area contributed by atoms with E-state index in [1.807, 2.05) is 0 Å². The van der Waals surface area contributed by atoms with Gasteiger partial charge in [0.05, 0.1) is 11.1 Å². The molecule has 0 spiro atoms. The van der Waals surface area contributed by atoms with Gasteiger partial charge in [-0.2, -0.15) is 10.2 Å². The van der Waals surface area contributed by atoms with Crippen molar-refractivity contribution >= 4 is 32.7 Å². The van der Waals surface area contributed by atoms with Crippen molar-refractivity contribution in [1.82, 2.24) is 0 Å². The van der Waals surface area contributed by atoms with E-state index in [0.717, 1.165) is 0 Å². The van der Waals surface area contributed by atoms with Crippen LogP contribution in [0.2, 0.25) is 0 Å². The minimum atomic E-state index is 1.57. The van der Waals surface area contributed by atoms with E-state index < -0.39 is 0 Å². The average molecular weight is 118 g/mol. The summed E-state index contributed by atoms with van der Waals surface area (Å²) in [6.07, 6.45) is 0. The molecule has 0 saturated heterocycles. The van der Waals surface area contributed by atoms with E-state index in [2.05, 4.69) is 10.2 Å². The van der Waals surface area contributed by atoms with Gasteiger partial charge < -0.3 is 0 Å². The van der Waals surface area contributed by atoms with Crippen LogP contribution in [0.4, 0.5) is 0 Å². The molecule has 6 heavy (non-hydrogen) atoms. The fourth-order valence-corrected chi connectivity index (χ4v) is 0.957. The summed E-state index contributed by atoms with van der Waals surface area (Å²) in [7, 11) is 3.14. The van der Waals surface area contributed by atoms with Crippen LogP contribution < -0.4 is 0 Å². The Bertz CT molecular complexity index is 75.5. The summed E-state index contributed by atoms with van der Waals surface area (Å²) in [5, 5.41) is 7.13. The van der Waals surface area contributed by atoms with Crippen molar-refractivity contribution in [3.05, 3.63) is 0 Å². The van der Waals surface area contributed by atoms with Crippen LogP contribution >= 0.6 is 21.6 Å². The van der Waals surface area contributed by atoms with Crippen molar-refractivity contribution in [2.45, 2.75) is 0 Å². The Morgan fingerprint density at radius 1 is 1.00 bits per heavy atom. The van der Waals surface area contributed by atoms with Crippen LogP contribution in [0, 0.1) is 0 Å². The minimum Gasteiger partial charge on any atom is -0.151 e. The lowest BCUT2D eigenvalue weighted by Crippen LogP contribution is -1.65. The van der Waals surface area contributed by atoms with E-state index >= 15 is 0 Å². The van der Waals surface area contributed by atoms with Crippen LogP contribution in [0.5, 0.6) is 0 Å². The van der Waals surface area contributed by atoms with E-state index in [-0.39, 0.29) is 0 Å². The van der Waals surface area contributed by atoms with Gasteiger partial charge in [0.15, 0.2) is 0 Å². The molecule has 2 nitrogen and oxygen atoms in total. The normalized spacial score (nSPS) is 18.7. The molecule has 0 aliphatic carbocycles. The molecule has 1 rings (SSSR count). The lowest BCUT2D eigenvalue weighted by molar-refractivity contribution is 1.29. The highest BCUT2D eigenvalue weighted by atomic mass is 33.1. The smallest absolute Gasteiger partial charge is 0.0935 e. The number of hydrogen-bond donors (Lipinski definition) is 0. The van der Waals surface area contributed by atoms with Gasteiger partial charge in [0.1, 0.15) is 0 Å². The molecule has 0 aromatic rings. The minimum absolute atomic E-state index is 1.57. The zero-order valence-electron chi connectivity index (χ0n) is 2.87. The molecule has 1 aliphatic rings. The third kappa shape index (κ3) is 1.02. The van der Waals surface area contributed by atoms with Gasteiger partial charge >= 0.3 is 0 Å². The summed E-state index contributed by atoms with van der Waals surface area (Å²) in [4.78, 5) is 0. The quantitative estimate of drug-likeness (QED) is 0.448. The van der Waals surface area contributed by atoms with Gasteiger partial charge in [0, 0.05) is 0 Å². The summed E-state index contributed by atoms with van der Waals surface area (Å²) >= 11 is 0. The Morgan fingerprint density at radius 3 is 1.67 bits per heavy atom. The Hall–Kier alpha value is 0.0400. The SMILES string of the molecule is C1=NN=CSS1. The van der Waals surface area contributed by atoms with Crippen molar-refractivity contribution in [1.29, 1.82) is 0 Å². The van der Waals surface area contributed by atoms with Crippen LogP contribution in [-0.4, -0.2) is 11.1 Å². The topological polar surface area (TPSA) is 24.7 Å². The van der Waals surface area contributed by atoms with Crippen LogP contribution in [0.3, 0.4) is 0 Å². The predicted molar refractivity (Wildman–Crippen MR) is 32.2 cm³/mol. The van der Waals surface area contributed by atoms with Crippen molar-refractivity contribution in [3.8, 4) is 0 Å². The van der Waals surface area contributed by atoms with Gasteiger partial charge in [-0.25, -0.2) is 0 Å². The molecule has 0 N–H and O–H groups in total. The summed E-state index contributed by atoms with van der Waals surface area (Å²) in [5.41, 5.74) is 3.40. The van der Waals surface area contributed by atoms with Crippen LogP contribution in [0.15, 0.2) is 10.2 Å². The van der Waals surface area contributed by atoms with Crippen LogP contribution in [-0.2, 0) is 0 Å². The number of rotatable bonds is 0. The fraction of sp³-hybridized carbons (Fsp3) is 0. The molecule has 0 amide bonds. The van der Waals surface area contributed by atoms with Gasteiger partial charge in [0.25, 0.3) is 0 Å². The fourth-order valence-electron chi connectivity index (χ4n) is 0.143. The molecule has 1 heterocycles. The van der Waals surface area contributed by atoms with Crippen molar-refractivity contribution in [3.63, 3.8) is 0 Å². The van der Waals surface area contributed by atoms with Crippen molar-refractivity contribution in [2.75, 3.05) is 0 Å². The molecule has 0 aromatic carbocycles. The predicted octanol–water partition coefficient (Wildman–Crippen LogP) is 1.35. The second kappa shape index (κ2) is 2.25. The molecular formula is C2H2N2S2. The van der Waals surface area contributed by atoms with Crippen molar-refractivity contribution in [2.24, 2.45) is 10.2 Å². The van der Waals surface area contributed by atoms with E-state index in [0.29, 0.717) is 0 Å². The highest BCUT2D eigenvalue weighted by Gasteiger charge is 1.81. The molecule has 0 aromatic heterocycles. The molecule has 4 heteroatoms. The Labute approximate surface area is 43.5 Å². The Kier molecular flexibility index (Phi) is 1.58. The molecule has 0 radical (unpaired) electrons. The lowest BCUT2D eigenvalue weighted by Gasteiger charge is -1.85. The number of hydrogen-bond acceptors (Lipinski definition) is 4. The maximum atomic E-state index is 3.56. The van der Waals surface area contributed by atoms with E-state index in [1.165, 1.54) is 0 Å². The maximum absolute atomic E-state index is 3.56. The summed E-state index contributed by atoms with van der Waals surface area (Å²) in [6, 6.07) is 0. The first-order chi connectivity index (χ1) is 3.00. The zero-order chi connectivity index (χ0) is 4.24. The third-order valence-corrected chi connectivity index (χ3v) is 1.62. The Balaban J connectivity index is 2.46. The van der Waals surface area contributed by atoms with Crippen LogP contribution in [0.1, 0.15) is 0 Å². The van der Waals surface area contributed by atoms with Gasteiger partial charge in [0.2, 0.25) is 0 Å². The zero-order valence-corrected chi connectivity index (χ0v) is 4.50. The summed E-state index contributed by atoms with van der Waals surface area (Å²) in [6.45, 7) is 0. The molecule has 0 bridgehead atoms. The van der Waals surface area contributed by atoms with Crippen LogP contribution in [0.25, 0.3) is 0 Å². The van der Waals surface area contributed by atoms with Crippen molar-refractivity contribution < 1.29 is 0 Å².